The molecule has 5 rings (SSSR count). The summed E-state index contributed by atoms with van der Waals surface area (Å²) in [6.07, 6.45) is 3.55. The highest BCUT2D eigenvalue weighted by Gasteiger charge is 2.20. The smallest absolute Gasteiger partial charge is 0.157 e. The first kappa shape index (κ1) is 14.6. The fourth-order valence-corrected chi connectivity index (χ4v) is 3.19. The molecule has 0 saturated heterocycles. The van der Waals surface area contributed by atoms with Crippen molar-refractivity contribution in [1.82, 2.24) is 25.1 Å². The number of aromatic amines is 2. The van der Waals surface area contributed by atoms with Gasteiger partial charge in [0, 0.05) is 23.5 Å². The minimum absolute atomic E-state index is 0.776. The van der Waals surface area contributed by atoms with Crippen molar-refractivity contribution in [2.75, 3.05) is 0 Å². The summed E-state index contributed by atoms with van der Waals surface area (Å²) in [5, 5.41) is 7.78. The van der Waals surface area contributed by atoms with Gasteiger partial charge in [-0.05, 0) is 29.8 Å². The van der Waals surface area contributed by atoms with Gasteiger partial charge in [-0.25, -0.2) is 4.98 Å². The lowest BCUT2D eigenvalue weighted by molar-refractivity contribution is 1.08. The monoisotopic (exact) mass is 337 g/mol. The van der Waals surface area contributed by atoms with Gasteiger partial charge >= 0.3 is 0 Å². The van der Waals surface area contributed by atoms with Crippen molar-refractivity contribution in [3.05, 3.63) is 79.1 Å². The highest BCUT2D eigenvalue weighted by molar-refractivity contribution is 5.91. The number of hydrogen-bond acceptors (Lipinski definition) is 3. The van der Waals surface area contributed by atoms with Crippen molar-refractivity contribution >= 4 is 11.0 Å². The van der Waals surface area contributed by atoms with Gasteiger partial charge in [-0.3, -0.25) is 10.1 Å². The first-order valence-electron chi connectivity index (χ1n) is 8.39. The Bertz CT molecular complexity index is 1140. The van der Waals surface area contributed by atoms with Gasteiger partial charge in [0.15, 0.2) is 5.82 Å². The second-order valence-electron chi connectivity index (χ2n) is 6.03. The van der Waals surface area contributed by atoms with Crippen LogP contribution >= 0.6 is 0 Å². The molecule has 0 atom stereocenters. The summed E-state index contributed by atoms with van der Waals surface area (Å²) < 4.78 is 0. The number of imidazole rings is 1. The van der Waals surface area contributed by atoms with E-state index < -0.39 is 0 Å². The van der Waals surface area contributed by atoms with E-state index in [1.807, 2.05) is 54.6 Å². The van der Waals surface area contributed by atoms with Crippen molar-refractivity contribution in [1.29, 1.82) is 0 Å². The predicted octanol–water partition coefficient (Wildman–Crippen LogP) is 4.68. The van der Waals surface area contributed by atoms with Crippen LogP contribution < -0.4 is 0 Å². The molecule has 26 heavy (non-hydrogen) atoms. The van der Waals surface area contributed by atoms with E-state index in [4.69, 9.17) is 4.98 Å². The average Bonchev–Trinajstić information content (AvgIpc) is 3.33. The topological polar surface area (TPSA) is 70.2 Å². The number of rotatable bonds is 3. The number of fused-ring (bicyclic) bond motifs is 1. The maximum atomic E-state index is 4.74. The van der Waals surface area contributed by atoms with E-state index in [1.54, 1.807) is 12.4 Å². The van der Waals surface area contributed by atoms with E-state index in [0.29, 0.717) is 0 Å². The molecule has 0 amide bonds. The Morgan fingerprint density at radius 3 is 2.31 bits per heavy atom. The Kier molecular flexibility index (Phi) is 3.35. The lowest BCUT2D eigenvalue weighted by atomic mass is 9.99. The molecule has 0 spiro atoms. The zero-order chi connectivity index (χ0) is 17.3. The first-order valence-corrected chi connectivity index (χ1v) is 8.39. The van der Waals surface area contributed by atoms with Crippen LogP contribution in [0.1, 0.15) is 0 Å². The van der Waals surface area contributed by atoms with Crippen LogP contribution in [0.2, 0.25) is 0 Å². The molecular weight excluding hydrogens is 322 g/mol. The lowest BCUT2D eigenvalue weighted by Gasteiger charge is -2.05. The van der Waals surface area contributed by atoms with Crippen LogP contribution in [0.5, 0.6) is 0 Å². The summed E-state index contributed by atoms with van der Waals surface area (Å²) in [7, 11) is 0. The first-order chi connectivity index (χ1) is 12.9. The summed E-state index contributed by atoms with van der Waals surface area (Å²) in [6.45, 7) is 0. The number of pyridine rings is 1. The molecule has 124 valence electrons. The van der Waals surface area contributed by atoms with Crippen molar-refractivity contribution in [3.8, 4) is 33.9 Å². The summed E-state index contributed by atoms with van der Waals surface area (Å²) in [6, 6.07) is 22.2. The average molecular weight is 337 g/mol. The molecule has 0 aliphatic heterocycles. The molecule has 0 aliphatic rings. The molecule has 5 heteroatoms. The third-order valence-electron chi connectivity index (χ3n) is 4.41. The van der Waals surface area contributed by atoms with E-state index >= 15 is 0 Å². The molecule has 5 nitrogen and oxygen atoms in total. The molecule has 5 aromatic rings. The van der Waals surface area contributed by atoms with Crippen LogP contribution in [0.15, 0.2) is 79.1 Å². The van der Waals surface area contributed by atoms with Crippen LogP contribution in [0.3, 0.4) is 0 Å². The fourth-order valence-electron chi connectivity index (χ4n) is 3.19. The summed E-state index contributed by atoms with van der Waals surface area (Å²) >= 11 is 0. The van der Waals surface area contributed by atoms with Crippen LogP contribution in [0, 0.1) is 0 Å². The third kappa shape index (κ3) is 2.38. The lowest BCUT2D eigenvalue weighted by Crippen LogP contribution is -1.87. The largest absolute Gasteiger partial charge is 0.337 e. The highest BCUT2D eigenvalue weighted by Crippen LogP contribution is 2.37. The fraction of sp³-hybridized carbons (Fsp3) is 0. The van der Waals surface area contributed by atoms with Crippen LogP contribution in [-0.2, 0) is 0 Å². The normalized spacial score (nSPS) is 11.1. The van der Waals surface area contributed by atoms with Crippen LogP contribution in [0.4, 0.5) is 0 Å². The molecule has 0 radical (unpaired) electrons. The van der Waals surface area contributed by atoms with Gasteiger partial charge in [0.25, 0.3) is 0 Å². The highest BCUT2D eigenvalue weighted by atomic mass is 15.1. The molecule has 0 unspecified atom stereocenters. The van der Waals surface area contributed by atoms with Gasteiger partial charge < -0.3 is 4.98 Å². The summed E-state index contributed by atoms with van der Waals surface area (Å²) in [5.41, 5.74) is 6.81. The van der Waals surface area contributed by atoms with E-state index in [2.05, 4.69) is 32.3 Å². The maximum Gasteiger partial charge on any atom is 0.157 e. The standard InChI is InChI=1S/C21H15N5/c1-2-6-14(7-3-1)18-19(15-10-12-22-13-11-15)25-26-20(18)21-23-16-8-4-5-9-17(16)24-21/h1-13H,(H,23,24)(H,25,26). The molecular formula is C21H15N5. The molecule has 3 heterocycles. The van der Waals surface area contributed by atoms with Gasteiger partial charge in [0.2, 0.25) is 0 Å². The van der Waals surface area contributed by atoms with E-state index in [-0.39, 0.29) is 0 Å². The molecule has 2 aromatic carbocycles. The molecule has 3 aromatic heterocycles. The molecule has 0 fully saturated rings. The Morgan fingerprint density at radius 1 is 0.731 bits per heavy atom. The second kappa shape index (κ2) is 5.97. The Labute approximate surface area is 149 Å². The number of benzene rings is 2. The molecule has 0 aliphatic carbocycles. The number of hydrogen-bond donors (Lipinski definition) is 2. The number of aromatic nitrogens is 5. The van der Waals surface area contributed by atoms with E-state index in [0.717, 1.165) is 44.9 Å². The molecule has 0 bridgehead atoms. The van der Waals surface area contributed by atoms with Crippen LogP contribution in [0.25, 0.3) is 44.9 Å². The Morgan fingerprint density at radius 2 is 1.50 bits per heavy atom. The minimum atomic E-state index is 0.776. The summed E-state index contributed by atoms with van der Waals surface area (Å²) in [4.78, 5) is 12.2. The van der Waals surface area contributed by atoms with Crippen molar-refractivity contribution < 1.29 is 0 Å². The Hall–Kier alpha value is -3.73. The zero-order valence-electron chi connectivity index (χ0n) is 13.8. The van der Waals surface area contributed by atoms with E-state index in [1.165, 1.54) is 0 Å². The predicted molar refractivity (Wildman–Crippen MR) is 102 cm³/mol. The SMILES string of the molecule is c1ccc(-c2c(-c3ccncc3)n[nH]c2-c2nc3ccccc3[nH]2)cc1. The van der Waals surface area contributed by atoms with Crippen molar-refractivity contribution in [2.24, 2.45) is 0 Å². The minimum Gasteiger partial charge on any atom is -0.337 e. The summed E-state index contributed by atoms with van der Waals surface area (Å²) in [5.74, 6) is 0.776. The maximum absolute atomic E-state index is 4.74. The van der Waals surface area contributed by atoms with Gasteiger partial charge in [-0.1, -0.05) is 42.5 Å². The van der Waals surface area contributed by atoms with Crippen molar-refractivity contribution in [3.63, 3.8) is 0 Å². The van der Waals surface area contributed by atoms with Gasteiger partial charge in [-0.2, -0.15) is 5.10 Å². The number of nitrogens with zero attached hydrogens (tertiary/aromatic N) is 3. The van der Waals surface area contributed by atoms with Crippen molar-refractivity contribution in [2.45, 2.75) is 0 Å². The second-order valence-corrected chi connectivity index (χ2v) is 6.03. The zero-order valence-corrected chi connectivity index (χ0v) is 13.8. The third-order valence-corrected chi connectivity index (χ3v) is 4.41. The number of para-hydroxylation sites is 2. The molecule has 0 saturated carbocycles. The van der Waals surface area contributed by atoms with Gasteiger partial charge in [0.05, 0.1) is 11.0 Å². The van der Waals surface area contributed by atoms with Gasteiger partial charge in [0.1, 0.15) is 11.4 Å². The van der Waals surface area contributed by atoms with Gasteiger partial charge in [-0.15, -0.1) is 0 Å². The Balaban J connectivity index is 1.77. The quantitative estimate of drug-likeness (QED) is 0.502. The number of H-pyrrole nitrogens is 2. The molecule has 2 N–H and O–H groups in total. The number of nitrogens with one attached hydrogen (secondary N) is 2. The van der Waals surface area contributed by atoms with Crippen LogP contribution in [-0.4, -0.2) is 25.1 Å². The van der Waals surface area contributed by atoms with E-state index in [9.17, 15) is 0 Å².